The number of aromatic hydroxyl groups is 1. The number of hydrogen-bond donors (Lipinski definition) is 1. The number of phenolic OH excluding ortho intramolecular Hbond substituents is 1. The minimum atomic E-state index is 0.312. The van der Waals surface area contributed by atoms with Gasteiger partial charge in [0.05, 0.1) is 0 Å². The van der Waals surface area contributed by atoms with Crippen LogP contribution in [0.1, 0.15) is 17.5 Å². The molecule has 0 saturated heterocycles. The molecule has 2 rings (SSSR count). The molecular weight excluding hydrogens is 208 g/mol. The molecule has 0 unspecified atom stereocenters. The zero-order valence-electron chi connectivity index (χ0n) is 9.71. The minimum Gasteiger partial charge on any atom is -0.508 e. The molecule has 0 radical (unpaired) electrons. The van der Waals surface area contributed by atoms with Gasteiger partial charge in [-0.1, -0.05) is 54.6 Å². The molecule has 0 aliphatic heterocycles. The number of allylic oxidation sites excluding steroid dienone is 1. The van der Waals surface area contributed by atoms with Gasteiger partial charge in [0.15, 0.2) is 0 Å². The Kier molecular flexibility index (Phi) is 3.98. The standard InChI is InChI=1S/C16H16O/c17-16-12-10-15(11-13-16)9-5-4-8-14-6-2-1-3-7-14/h1-3,5-7,9-13,17H,4,8H2. The smallest absolute Gasteiger partial charge is 0.115 e. The monoisotopic (exact) mass is 224 g/mol. The Hall–Kier alpha value is -2.02. The summed E-state index contributed by atoms with van der Waals surface area (Å²) in [6.07, 6.45) is 6.35. The molecular formula is C16H16O. The number of benzene rings is 2. The van der Waals surface area contributed by atoms with Gasteiger partial charge in [-0.2, -0.15) is 0 Å². The summed E-state index contributed by atoms with van der Waals surface area (Å²) in [4.78, 5) is 0. The first-order valence-corrected chi connectivity index (χ1v) is 5.84. The second-order valence-corrected chi connectivity index (χ2v) is 4.02. The maximum Gasteiger partial charge on any atom is 0.115 e. The molecule has 1 heteroatoms. The molecule has 0 saturated carbocycles. The summed E-state index contributed by atoms with van der Waals surface area (Å²) in [6.45, 7) is 0. The summed E-state index contributed by atoms with van der Waals surface area (Å²) in [6, 6.07) is 17.7. The second kappa shape index (κ2) is 5.90. The number of phenols is 1. The summed E-state index contributed by atoms with van der Waals surface area (Å²) in [5.41, 5.74) is 2.48. The Labute approximate surface area is 102 Å². The molecule has 86 valence electrons. The van der Waals surface area contributed by atoms with E-state index in [9.17, 15) is 0 Å². The first kappa shape index (κ1) is 11.5. The van der Waals surface area contributed by atoms with Crippen LogP contribution in [0, 0.1) is 0 Å². The van der Waals surface area contributed by atoms with Crippen molar-refractivity contribution in [2.75, 3.05) is 0 Å². The van der Waals surface area contributed by atoms with E-state index in [1.54, 1.807) is 12.1 Å². The van der Waals surface area contributed by atoms with Crippen LogP contribution in [0.3, 0.4) is 0 Å². The number of aryl methyl sites for hydroxylation is 1. The molecule has 0 amide bonds. The zero-order chi connectivity index (χ0) is 11.9. The van der Waals surface area contributed by atoms with Crippen molar-refractivity contribution in [1.29, 1.82) is 0 Å². The van der Waals surface area contributed by atoms with E-state index in [1.807, 2.05) is 18.2 Å². The van der Waals surface area contributed by atoms with Crippen LogP contribution in [0.15, 0.2) is 60.7 Å². The fraction of sp³-hybridized carbons (Fsp3) is 0.125. The fourth-order valence-electron chi connectivity index (χ4n) is 1.70. The molecule has 0 atom stereocenters. The fourth-order valence-corrected chi connectivity index (χ4v) is 1.70. The predicted octanol–water partition coefficient (Wildman–Crippen LogP) is 4.04. The number of hydrogen-bond acceptors (Lipinski definition) is 1. The summed E-state index contributed by atoms with van der Waals surface area (Å²) >= 11 is 0. The Balaban J connectivity index is 1.84. The average Bonchev–Trinajstić information content (AvgIpc) is 2.38. The average molecular weight is 224 g/mol. The quantitative estimate of drug-likeness (QED) is 0.831. The van der Waals surface area contributed by atoms with Crippen molar-refractivity contribution in [2.45, 2.75) is 12.8 Å². The first-order valence-electron chi connectivity index (χ1n) is 5.84. The van der Waals surface area contributed by atoms with Crippen molar-refractivity contribution in [2.24, 2.45) is 0 Å². The van der Waals surface area contributed by atoms with E-state index in [4.69, 9.17) is 5.11 Å². The molecule has 0 bridgehead atoms. The first-order chi connectivity index (χ1) is 8.34. The molecule has 0 spiro atoms. The van der Waals surface area contributed by atoms with Crippen molar-refractivity contribution >= 4 is 6.08 Å². The van der Waals surface area contributed by atoms with Gasteiger partial charge in [-0.15, -0.1) is 0 Å². The van der Waals surface area contributed by atoms with Crippen molar-refractivity contribution in [3.8, 4) is 5.75 Å². The van der Waals surface area contributed by atoms with Gasteiger partial charge in [0.1, 0.15) is 5.75 Å². The topological polar surface area (TPSA) is 20.2 Å². The Morgan fingerprint density at radius 1 is 0.882 bits per heavy atom. The van der Waals surface area contributed by atoms with E-state index in [0.717, 1.165) is 18.4 Å². The largest absolute Gasteiger partial charge is 0.508 e. The van der Waals surface area contributed by atoms with Crippen LogP contribution in [0.5, 0.6) is 5.75 Å². The van der Waals surface area contributed by atoms with Gasteiger partial charge in [0, 0.05) is 0 Å². The molecule has 2 aromatic rings. The summed E-state index contributed by atoms with van der Waals surface area (Å²) in [5.74, 6) is 0.312. The molecule has 0 fully saturated rings. The second-order valence-electron chi connectivity index (χ2n) is 4.02. The van der Waals surface area contributed by atoms with Crippen LogP contribution in [-0.2, 0) is 6.42 Å². The third-order valence-corrected chi connectivity index (χ3v) is 2.65. The van der Waals surface area contributed by atoms with Crippen LogP contribution < -0.4 is 0 Å². The van der Waals surface area contributed by atoms with Gasteiger partial charge in [0.2, 0.25) is 0 Å². The lowest BCUT2D eigenvalue weighted by molar-refractivity contribution is 0.475. The van der Waals surface area contributed by atoms with Crippen LogP contribution >= 0.6 is 0 Å². The van der Waals surface area contributed by atoms with E-state index in [0.29, 0.717) is 5.75 Å². The highest BCUT2D eigenvalue weighted by Crippen LogP contribution is 2.11. The van der Waals surface area contributed by atoms with Gasteiger partial charge in [-0.25, -0.2) is 0 Å². The van der Waals surface area contributed by atoms with E-state index < -0.39 is 0 Å². The molecule has 0 heterocycles. The van der Waals surface area contributed by atoms with Crippen LogP contribution in [0.2, 0.25) is 0 Å². The molecule has 2 aromatic carbocycles. The molecule has 1 N–H and O–H groups in total. The van der Waals surface area contributed by atoms with Crippen molar-refractivity contribution in [1.82, 2.24) is 0 Å². The van der Waals surface area contributed by atoms with Crippen LogP contribution in [-0.4, -0.2) is 5.11 Å². The van der Waals surface area contributed by atoms with Crippen molar-refractivity contribution in [3.05, 3.63) is 71.8 Å². The predicted molar refractivity (Wildman–Crippen MR) is 71.9 cm³/mol. The lowest BCUT2D eigenvalue weighted by Crippen LogP contribution is -1.81. The highest BCUT2D eigenvalue weighted by atomic mass is 16.3. The van der Waals surface area contributed by atoms with E-state index in [1.165, 1.54) is 5.56 Å². The third-order valence-electron chi connectivity index (χ3n) is 2.65. The summed E-state index contributed by atoms with van der Waals surface area (Å²) < 4.78 is 0. The van der Waals surface area contributed by atoms with E-state index in [2.05, 4.69) is 36.4 Å². The van der Waals surface area contributed by atoms with Crippen LogP contribution in [0.25, 0.3) is 6.08 Å². The van der Waals surface area contributed by atoms with Gasteiger partial charge in [-0.05, 0) is 36.1 Å². The van der Waals surface area contributed by atoms with Gasteiger partial charge >= 0.3 is 0 Å². The third kappa shape index (κ3) is 3.80. The van der Waals surface area contributed by atoms with Crippen molar-refractivity contribution < 1.29 is 5.11 Å². The van der Waals surface area contributed by atoms with E-state index >= 15 is 0 Å². The normalized spacial score (nSPS) is 10.8. The van der Waals surface area contributed by atoms with Crippen molar-refractivity contribution in [3.63, 3.8) is 0 Å². The zero-order valence-corrected chi connectivity index (χ0v) is 9.71. The van der Waals surface area contributed by atoms with Gasteiger partial charge < -0.3 is 5.11 Å². The molecule has 0 aliphatic rings. The molecule has 0 aliphatic carbocycles. The highest BCUT2D eigenvalue weighted by molar-refractivity contribution is 5.50. The Morgan fingerprint density at radius 3 is 2.29 bits per heavy atom. The molecule has 1 nitrogen and oxygen atoms in total. The maximum atomic E-state index is 9.15. The highest BCUT2D eigenvalue weighted by Gasteiger charge is 1.90. The molecule has 0 aromatic heterocycles. The Bertz CT molecular complexity index is 469. The lowest BCUT2D eigenvalue weighted by atomic mass is 10.1. The lowest BCUT2D eigenvalue weighted by Gasteiger charge is -1.97. The minimum absolute atomic E-state index is 0.312. The van der Waals surface area contributed by atoms with Gasteiger partial charge in [-0.3, -0.25) is 0 Å². The van der Waals surface area contributed by atoms with Crippen LogP contribution in [0.4, 0.5) is 0 Å². The van der Waals surface area contributed by atoms with Gasteiger partial charge in [0.25, 0.3) is 0 Å². The Morgan fingerprint density at radius 2 is 1.59 bits per heavy atom. The summed E-state index contributed by atoms with van der Waals surface area (Å²) in [5, 5.41) is 9.15. The SMILES string of the molecule is Oc1ccc(C=CCCc2ccccc2)cc1. The number of rotatable bonds is 4. The maximum absolute atomic E-state index is 9.15. The van der Waals surface area contributed by atoms with E-state index in [-0.39, 0.29) is 0 Å². The molecule has 17 heavy (non-hydrogen) atoms. The summed E-state index contributed by atoms with van der Waals surface area (Å²) in [7, 11) is 0.